The zero-order chi connectivity index (χ0) is 19.3. The summed E-state index contributed by atoms with van der Waals surface area (Å²) in [6, 6.07) is 4.96. The summed E-state index contributed by atoms with van der Waals surface area (Å²) in [6.45, 7) is 6.09. The number of rotatable bonds is 6. The average Bonchev–Trinajstić information content (AvgIpc) is 2.89. The fourth-order valence-corrected chi connectivity index (χ4v) is 3.58. The van der Waals surface area contributed by atoms with Gasteiger partial charge in [0, 0.05) is 12.1 Å². The van der Waals surface area contributed by atoms with Crippen molar-refractivity contribution in [3.8, 4) is 0 Å². The molecule has 0 saturated carbocycles. The highest BCUT2D eigenvalue weighted by molar-refractivity contribution is 8.15. The van der Waals surface area contributed by atoms with E-state index in [-0.39, 0.29) is 23.3 Å². The smallest absolute Gasteiger partial charge is 0.240 e. The summed E-state index contributed by atoms with van der Waals surface area (Å²) in [6.07, 6.45) is 0.828. The van der Waals surface area contributed by atoms with Crippen LogP contribution < -0.4 is 10.6 Å². The van der Waals surface area contributed by atoms with Crippen LogP contribution in [0.15, 0.2) is 28.4 Å². The molecule has 0 bridgehead atoms. The Balaban J connectivity index is 1.95. The van der Waals surface area contributed by atoms with Crippen LogP contribution in [0.1, 0.15) is 33.6 Å². The maximum absolute atomic E-state index is 12.2. The maximum atomic E-state index is 12.2. The van der Waals surface area contributed by atoms with E-state index in [1.54, 1.807) is 18.2 Å². The molecule has 1 saturated heterocycles. The molecule has 140 valence electrons. The van der Waals surface area contributed by atoms with Crippen LogP contribution in [0.5, 0.6) is 0 Å². The predicted octanol–water partition coefficient (Wildman–Crippen LogP) is 4.33. The van der Waals surface area contributed by atoms with Gasteiger partial charge in [0.25, 0.3) is 0 Å². The standard InChI is InChI=1S/C17H20Cl2N4O2S/c1-9(2)7-10(3)22-23-17-21-16(25)13(26-17)8-14(24)20-12-6-4-5-11(18)15(12)19/h4-6,9,13H,7-8H2,1-3H3,(H,20,24)(H,21,23,25)/b22-10+. The van der Waals surface area contributed by atoms with Crippen molar-refractivity contribution in [2.24, 2.45) is 16.1 Å². The van der Waals surface area contributed by atoms with Crippen molar-refractivity contribution in [1.29, 1.82) is 0 Å². The molecule has 1 aliphatic heterocycles. The number of carbonyl (C=O) groups is 2. The SMILES string of the molecule is C/C(CC(C)C)=N\N=C1\NC(=O)C(CC(=O)Nc2cccc(Cl)c2Cl)S1. The first kappa shape index (κ1) is 20.7. The van der Waals surface area contributed by atoms with E-state index in [1.807, 2.05) is 6.92 Å². The average molecular weight is 415 g/mol. The lowest BCUT2D eigenvalue weighted by molar-refractivity contribution is -0.122. The Kier molecular flexibility index (Phi) is 7.49. The fourth-order valence-electron chi connectivity index (χ4n) is 2.32. The highest BCUT2D eigenvalue weighted by atomic mass is 35.5. The summed E-state index contributed by atoms with van der Waals surface area (Å²) in [4.78, 5) is 24.2. The van der Waals surface area contributed by atoms with Crippen LogP contribution in [0.2, 0.25) is 10.0 Å². The van der Waals surface area contributed by atoms with Crippen LogP contribution in [0.3, 0.4) is 0 Å². The Morgan fingerprint density at radius 3 is 2.81 bits per heavy atom. The number of nitrogens with zero attached hydrogens (tertiary/aromatic N) is 2. The van der Waals surface area contributed by atoms with Crippen LogP contribution in [-0.4, -0.2) is 27.9 Å². The Bertz CT molecular complexity index is 765. The van der Waals surface area contributed by atoms with E-state index in [9.17, 15) is 9.59 Å². The van der Waals surface area contributed by atoms with Gasteiger partial charge in [0.15, 0.2) is 5.17 Å². The quantitative estimate of drug-likeness (QED) is 0.536. The van der Waals surface area contributed by atoms with E-state index < -0.39 is 5.25 Å². The first-order chi connectivity index (χ1) is 12.3. The number of halogens is 2. The van der Waals surface area contributed by atoms with Gasteiger partial charge in [0.05, 0.1) is 15.7 Å². The number of nitrogens with one attached hydrogen (secondary N) is 2. The van der Waals surface area contributed by atoms with Gasteiger partial charge >= 0.3 is 0 Å². The molecule has 2 rings (SSSR count). The summed E-state index contributed by atoms with van der Waals surface area (Å²) in [5.74, 6) is -0.111. The number of amidine groups is 1. The topological polar surface area (TPSA) is 82.9 Å². The number of carbonyl (C=O) groups excluding carboxylic acids is 2. The molecule has 1 atom stereocenters. The van der Waals surface area contributed by atoms with Crippen LogP contribution in [0.25, 0.3) is 0 Å². The van der Waals surface area contributed by atoms with E-state index in [4.69, 9.17) is 23.2 Å². The molecular formula is C17H20Cl2N4O2S. The van der Waals surface area contributed by atoms with Crippen molar-refractivity contribution in [3.05, 3.63) is 28.2 Å². The molecular weight excluding hydrogens is 395 g/mol. The van der Waals surface area contributed by atoms with E-state index in [0.29, 0.717) is 21.8 Å². The largest absolute Gasteiger partial charge is 0.325 e. The summed E-state index contributed by atoms with van der Waals surface area (Å²) >= 11 is 13.2. The molecule has 2 amide bonds. The highest BCUT2D eigenvalue weighted by Crippen LogP contribution is 2.30. The van der Waals surface area contributed by atoms with Crippen LogP contribution in [-0.2, 0) is 9.59 Å². The summed E-state index contributed by atoms with van der Waals surface area (Å²) < 4.78 is 0. The third kappa shape index (κ3) is 6.00. The summed E-state index contributed by atoms with van der Waals surface area (Å²) in [5.41, 5.74) is 1.30. The number of thioether (sulfide) groups is 1. The molecule has 6 nitrogen and oxygen atoms in total. The van der Waals surface area contributed by atoms with Crippen LogP contribution >= 0.6 is 35.0 Å². The zero-order valence-corrected chi connectivity index (χ0v) is 17.0. The van der Waals surface area contributed by atoms with Crippen LogP contribution in [0.4, 0.5) is 5.69 Å². The molecule has 0 spiro atoms. The van der Waals surface area contributed by atoms with Crippen molar-refractivity contribution in [2.75, 3.05) is 5.32 Å². The molecule has 0 aromatic heterocycles. The van der Waals surface area contributed by atoms with Gasteiger partial charge in [-0.1, -0.05) is 54.9 Å². The molecule has 1 aromatic rings. The molecule has 1 unspecified atom stereocenters. The Morgan fingerprint density at radius 1 is 1.38 bits per heavy atom. The minimum absolute atomic E-state index is 0.00689. The van der Waals surface area contributed by atoms with Gasteiger partial charge in [0.1, 0.15) is 5.25 Å². The maximum Gasteiger partial charge on any atom is 0.240 e. The number of benzene rings is 1. The van der Waals surface area contributed by atoms with E-state index >= 15 is 0 Å². The molecule has 0 radical (unpaired) electrons. The summed E-state index contributed by atoms with van der Waals surface area (Å²) in [7, 11) is 0. The lowest BCUT2D eigenvalue weighted by Gasteiger charge is -2.09. The Hall–Kier alpha value is -1.57. The lowest BCUT2D eigenvalue weighted by atomic mass is 10.1. The minimum Gasteiger partial charge on any atom is -0.325 e. The van der Waals surface area contributed by atoms with Gasteiger partial charge in [0.2, 0.25) is 11.8 Å². The Labute approximate surface area is 166 Å². The number of hydrogen-bond acceptors (Lipinski definition) is 5. The van der Waals surface area contributed by atoms with Gasteiger partial charge in [-0.3, -0.25) is 9.59 Å². The Morgan fingerprint density at radius 2 is 2.12 bits per heavy atom. The fraction of sp³-hybridized carbons (Fsp3) is 0.412. The third-order valence-corrected chi connectivity index (χ3v) is 5.28. The van der Waals surface area contributed by atoms with Crippen molar-refractivity contribution >= 4 is 63.3 Å². The number of anilines is 1. The highest BCUT2D eigenvalue weighted by Gasteiger charge is 2.32. The molecule has 9 heteroatoms. The second kappa shape index (κ2) is 9.39. The lowest BCUT2D eigenvalue weighted by Crippen LogP contribution is -2.28. The molecule has 26 heavy (non-hydrogen) atoms. The predicted molar refractivity (Wildman–Crippen MR) is 109 cm³/mol. The molecule has 0 aliphatic carbocycles. The van der Waals surface area contributed by atoms with Gasteiger partial charge < -0.3 is 10.6 Å². The molecule has 1 fully saturated rings. The third-order valence-electron chi connectivity index (χ3n) is 3.39. The van der Waals surface area contributed by atoms with E-state index in [1.165, 1.54) is 11.8 Å². The number of amides is 2. The molecule has 1 aliphatic rings. The normalized spacial score (nSPS) is 19.2. The minimum atomic E-state index is -0.563. The second-order valence-corrected chi connectivity index (χ2v) is 8.26. The van der Waals surface area contributed by atoms with Gasteiger partial charge in [-0.2, -0.15) is 5.10 Å². The first-order valence-corrected chi connectivity index (χ1v) is 9.72. The van der Waals surface area contributed by atoms with Crippen molar-refractivity contribution in [1.82, 2.24) is 5.32 Å². The first-order valence-electron chi connectivity index (χ1n) is 8.08. The van der Waals surface area contributed by atoms with Gasteiger partial charge in [-0.15, -0.1) is 5.10 Å². The zero-order valence-electron chi connectivity index (χ0n) is 14.7. The number of hydrogen-bond donors (Lipinski definition) is 2. The second-order valence-electron chi connectivity index (χ2n) is 6.29. The van der Waals surface area contributed by atoms with Crippen molar-refractivity contribution < 1.29 is 9.59 Å². The van der Waals surface area contributed by atoms with E-state index in [2.05, 4.69) is 34.7 Å². The molecule has 1 heterocycles. The van der Waals surface area contributed by atoms with Gasteiger partial charge in [-0.05, 0) is 31.4 Å². The monoisotopic (exact) mass is 414 g/mol. The van der Waals surface area contributed by atoms with Crippen molar-refractivity contribution in [3.63, 3.8) is 0 Å². The molecule has 2 N–H and O–H groups in total. The van der Waals surface area contributed by atoms with E-state index in [0.717, 1.165) is 12.1 Å². The van der Waals surface area contributed by atoms with Crippen LogP contribution in [0, 0.1) is 5.92 Å². The van der Waals surface area contributed by atoms with Crippen molar-refractivity contribution in [2.45, 2.75) is 38.9 Å². The molecule has 1 aromatic carbocycles. The van der Waals surface area contributed by atoms with Gasteiger partial charge in [-0.25, -0.2) is 0 Å². The summed E-state index contributed by atoms with van der Waals surface area (Å²) in [5, 5.41) is 13.9.